The standard InChI is InChI=1S/C21H22N2O4S/c1-3-4-13-27-19(24)14-28-21-22-16-10-6-5-9-15(16)20(25)23(21)17-11-7-8-12-18(17)26-2/h5-12H,3-4,13-14H2,1-2H3. The van der Waals surface area contributed by atoms with E-state index in [0.29, 0.717) is 34.1 Å². The quantitative estimate of drug-likeness (QED) is 0.249. The van der Waals surface area contributed by atoms with E-state index in [9.17, 15) is 9.59 Å². The summed E-state index contributed by atoms with van der Waals surface area (Å²) in [6.07, 6.45) is 1.79. The van der Waals surface area contributed by atoms with Gasteiger partial charge in [-0.1, -0.05) is 49.4 Å². The average molecular weight is 398 g/mol. The van der Waals surface area contributed by atoms with E-state index in [4.69, 9.17) is 9.47 Å². The Hall–Kier alpha value is -2.80. The molecule has 0 aliphatic carbocycles. The zero-order valence-electron chi connectivity index (χ0n) is 15.9. The summed E-state index contributed by atoms with van der Waals surface area (Å²) in [4.78, 5) is 29.9. The molecule has 0 radical (unpaired) electrons. The van der Waals surface area contributed by atoms with Crippen molar-refractivity contribution in [2.24, 2.45) is 0 Å². The summed E-state index contributed by atoms with van der Waals surface area (Å²) in [6, 6.07) is 14.4. The van der Waals surface area contributed by atoms with Gasteiger partial charge in [-0.15, -0.1) is 0 Å². The van der Waals surface area contributed by atoms with E-state index in [-0.39, 0.29) is 17.3 Å². The van der Waals surface area contributed by atoms with Gasteiger partial charge in [-0.05, 0) is 30.7 Å². The van der Waals surface area contributed by atoms with Crippen LogP contribution in [0.4, 0.5) is 0 Å². The molecule has 0 fully saturated rings. The normalized spacial score (nSPS) is 10.8. The first-order valence-corrected chi connectivity index (χ1v) is 10.1. The minimum atomic E-state index is -0.326. The van der Waals surface area contributed by atoms with Crippen molar-refractivity contribution in [1.29, 1.82) is 0 Å². The summed E-state index contributed by atoms with van der Waals surface area (Å²) in [5.41, 5.74) is 0.951. The van der Waals surface area contributed by atoms with Gasteiger partial charge in [-0.3, -0.25) is 14.2 Å². The predicted octanol–water partition coefficient (Wildman–Crippen LogP) is 3.83. The summed E-state index contributed by atoms with van der Waals surface area (Å²) in [7, 11) is 1.55. The second kappa shape index (κ2) is 9.41. The first kappa shape index (κ1) is 19.9. The number of hydrogen-bond donors (Lipinski definition) is 0. The lowest BCUT2D eigenvalue weighted by molar-refractivity contribution is -0.140. The van der Waals surface area contributed by atoms with Crippen molar-refractivity contribution in [3.05, 3.63) is 58.9 Å². The van der Waals surface area contributed by atoms with Crippen LogP contribution in [0.15, 0.2) is 58.5 Å². The van der Waals surface area contributed by atoms with E-state index in [2.05, 4.69) is 4.98 Å². The number of carbonyl (C=O) groups is 1. The van der Waals surface area contributed by atoms with Crippen molar-refractivity contribution in [2.75, 3.05) is 19.5 Å². The average Bonchev–Trinajstić information content (AvgIpc) is 2.72. The monoisotopic (exact) mass is 398 g/mol. The number of fused-ring (bicyclic) bond motifs is 1. The Bertz CT molecular complexity index is 1030. The lowest BCUT2D eigenvalue weighted by atomic mass is 10.2. The van der Waals surface area contributed by atoms with Crippen LogP contribution in [-0.4, -0.2) is 35.0 Å². The number of carbonyl (C=O) groups excluding carboxylic acids is 1. The molecule has 0 bridgehead atoms. The van der Waals surface area contributed by atoms with Crippen LogP contribution in [0.25, 0.3) is 16.6 Å². The fourth-order valence-corrected chi connectivity index (χ4v) is 3.54. The number of ether oxygens (including phenoxy) is 2. The van der Waals surface area contributed by atoms with E-state index < -0.39 is 0 Å². The largest absolute Gasteiger partial charge is 0.495 e. The molecule has 0 saturated heterocycles. The molecule has 1 heterocycles. The highest BCUT2D eigenvalue weighted by Gasteiger charge is 2.17. The molecule has 0 amide bonds. The number of thioether (sulfide) groups is 1. The number of hydrogen-bond acceptors (Lipinski definition) is 6. The maximum absolute atomic E-state index is 13.2. The third-order valence-electron chi connectivity index (χ3n) is 4.15. The number of benzene rings is 2. The molecule has 3 rings (SSSR count). The van der Waals surface area contributed by atoms with Crippen molar-refractivity contribution >= 4 is 28.6 Å². The van der Waals surface area contributed by atoms with Gasteiger partial charge in [0.25, 0.3) is 5.56 Å². The first-order valence-electron chi connectivity index (χ1n) is 9.09. The molecule has 1 aromatic heterocycles. The molecule has 6 nitrogen and oxygen atoms in total. The second-order valence-corrected chi connectivity index (χ2v) is 7.03. The van der Waals surface area contributed by atoms with Crippen LogP contribution in [0.3, 0.4) is 0 Å². The number of para-hydroxylation sites is 3. The minimum Gasteiger partial charge on any atom is -0.495 e. The van der Waals surface area contributed by atoms with E-state index >= 15 is 0 Å². The molecule has 3 aromatic rings. The zero-order valence-corrected chi connectivity index (χ0v) is 16.7. The van der Waals surface area contributed by atoms with E-state index in [0.717, 1.165) is 12.8 Å². The Labute approximate surface area is 167 Å². The van der Waals surface area contributed by atoms with Crippen LogP contribution in [0.1, 0.15) is 19.8 Å². The lowest BCUT2D eigenvalue weighted by Gasteiger charge is -2.15. The SMILES string of the molecule is CCCCOC(=O)CSc1nc2ccccc2c(=O)n1-c1ccccc1OC. The summed E-state index contributed by atoms with van der Waals surface area (Å²) < 4.78 is 12.1. The van der Waals surface area contributed by atoms with Gasteiger partial charge in [0.2, 0.25) is 0 Å². The van der Waals surface area contributed by atoms with Crippen molar-refractivity contribution < 1.29 is 14.3 Å². The molecule has 0 aliphatic rings. The molecule has 0 spiro atoms. The van der Waals surface area contributed by atoms with Crippen LogP contribution in [0, 0.1) is 0 Å². The molecule has 0 atom stereocenters. The zero-order chi connectivity index (χ0) is 19.9. The van der Waals surface area contributed by atoms with Gasteiger partial charge in [0.05, 0.1) is 36.1 Å². The fraction of sp³-hybridized carbons (Fsp3) is 0.286. The number of nitrogens with zero attached hydrogens (tertiary/aromatic N) is 2. The van der Waals surface area contributed by atoms with Gasteiger partial charge >= 0.3 is 5.97 Å². The smallest absolute Gasteiger partial charge is 0.316 e. The number of unbranched alkanes of at least 4 members (excludes halogenated alkanes) is 1. The van der Waals surface area contributed by atoms with Crippen LogP contribution in [0.2, 0.25) is 0 Å². The molecule has 146 valence electrons. The molecule has 2 aromatic carbocycles. The number of aromatic nitrogens is 2. The van der Waals surface area contributed by atoms with E-state index in [1.54, 1.807) is 37.4 Å². The molecular formula is C21H22N2O4S. The molecule has 0 aliphatic heterocycles. The van der Waals surface area contributed by atoms with Gasteiger partial charge < -0.3 is 9.47 Å². The Morgan fingerprint density at radius 2 is 1.89 bits per heavy atom. The van der Waals surface area contributed by atoms with Crippen molar-refractivity contribution in [1.82, 2.24) is 9.55 Å². The van der Waals surface area contributed by atoms with Crippen LogP contribution >= 0.6 is 11.8 Å². The van der Waals surface area contributed by atoms with Crippen LogP contribution in [0.5, 0.6) is 5.75 Å². The van der Waals surface area contributed by atoms with E-state index in [1.165, 1.54) is 16.3 Å². The summed E-state index contributed by atoms with van der Waals surface area (Å²) in [5, 5.41) is 0.920. The van der Waals surface area contributed by atoms with Crippen molar-refractivity contribution in [3.63, 3.8) is 0 Å². The highest BCUT2D eigenvalue weighted by Crippen LogP contribution is 2.27. The Kier molecular flexibility index (Phi) is 6.71. The predicted molar refractivity (Wildman–Crippen MR) is 110 cm³/mol. The van der Waals surface area contributed by atoms with Gasteiger partial charge in [0, 0.05) is 0 Å². The summed E-state index contributed by atoms with van der Waals surface area (Å²) in [5.74, 6) is 0.297. The maximum atomic E-state index is 13.2. The topological polar surface area (TPSA) is 70.4 Å². The van der Waals surface area contributed by atoms with Gasteiger partial charge in [-0.2, -0.15) is 0 Å². The highest BCUT2D eigenvalue weighted by atomic mass is 32.2. The Morgan fingerprint density at radius 1 is 1.14 bits per heavy atom. The van der Waals surface area contributed by atoms with Crippen LogP contribution < -0.4 is 10.3 Å². The third-order valence-corrected chi connectivity index (χ3v) is 5.06. The number of methoxy groups -OCH3 is 1. The maximum Gasteiger partial charge on any atom is 0.316 e. The van der Waals surface area contributed by atoms with Gasteiger partial charge in [0.15, 0.2) is 5.16 Å². The highest BCUT2D eigenvalue weighted by molar-refractivity contribution is 7.99. The molecule has 0 N–H and O–H groups in total. The number of esters is 1. The Morgan fingerprint density at radius 3 is 2.68 bits per heavy atom. The summed E-state index contributed by atoms with van der Waals surface area (Å²) >= 11 is 1.18. The van der Waals surface area contributed by atoms with Gasteiger partial charge in [0.1, 0.15) is 5.75 Å². The molecule has 7 heteroatoms. The second-order valence-electron chi connectivity index (χ2n) is 6.09. The fourth-order valence-electron chi connectivity index (χ4n) is 2.73. The van der Waals surface area contributed by atoms with Gasteiger partial charge in [-0.25, -0.2) is 4.98 Å². The Balaban J connectivity index is 2.03. The number of rotatable bonds is 8. The first-order chi connectivity index (χ1) is 13.7. The van der Waals surface area contributed by atoms with E-state index in [1.807, 2.05) is 25.1 Å². The minimum absolute atomic E-state index is 0.0731. The van der Waals surface area contributed by atoms with Crippen LogP contribution in [-0.2, 0) is 9.53 Å². The summed E-state index contributed by atoms with van der Waals surface area (Å²) in [6.45, 7) is 2.44. The third kappa shape index (κ3) is 4.36. The lowest BCUT2D eigenvalue weighted by Crippen LogP contribution is -2.23. The van der Waals surface area contributed by atoms with Crippen molar-refractivity contribution in [3.8, 4) is 11.4 Å². The molecular weight excluding hydrogens is 376 g/mol. The molecule has 0 unspecified atom stereocenters. The molecule has 0 saturated carbocycles. The van der Waals surface area contributed by atoms with Crippen molar-refractivity contribution in [2.45, 2.75) is 24.9 Å². The molecule has 28 heavy (non-hydrogen) atoms.